The molecule has 0 spiro atoms. The molecule has 1 aromatic heterocycles. The van der Waals surface area contributed by atoms with Crippen LogP contribution in [0.5, 0.6) is 0 Å². The lowest BCUT2D eigenvalue weighted by Gasteiger charge is -2.19. The molecule has 0 aliphatic heterocycles. The Morgan fingerprint density at radius 1 is 1.41 bits per heavy atom. The molecule has 0 saturated heterocycles. The van der Waals surface area contributed by atoms with Crippen LogP contribution < -0.4 is 0 Å². The number of carboxylic acid groups (broad SMARTS) is 1. The van der Waals surface area contributed by atoms with E-state index >= 15 is 0 Å². The van der Waals surface area contributed by atoms with Gasteiger partial charge >= 0.3 is 5.97 Å². The van der Waals surface area contributed by atoms with E-state index in [-0.39, 0.29) is 0 Å². The van der Waals surface area contributed by atoms with E-state index in [0.717, 1.165) is 22.4 Å². The molecule has 1 heterocycles. The van der Waals surface area contributed by atoms with Crippen LogP contribution in [0, 0.1) is 6.92 Å². The number of hydrogen-bond donors (Lipinski definition) is 1. The second-order valence-corrected chi connectivity index (χ2v) is 4.85. The quantitative estimate of drug-likeness (QED) is 0.864. The first-order valence-electron chi connectivity index (χ1n) is 5.51. The molecule has 0 radical (unpaired) electrons. The van der Waals surface area contributed by atoms with Crippen LogP contribution in [0.4, 0.5) is 0 Å². The van der Waals surface area contributed by atoms with Crippen molar-refractivity contribution >= 4 is 17.0 Å². The van der Waals surface area contributed by atoms with Crippen molar-refractivity contribution in [3.05, 3.63) is 29.6 Å². The highest BCUT2D eigenvalue weighted by atomic mass is 16.4. The number of carboxylic acids is 1. The number of hydrogen-bond acceptors (Lipinski definition) is 2. The number of nitrogens with zero attached hydrogens (tertiary/aromatic N) is 2. The molecule has 1 aromatic carbocycles. The third-order valence-corrected chi connectivity index (χ3v) is 3.36. The normalized spacial score (nSPS) is 12.0. The molecule has 0 saturated carbocycles. The van der Waals surface area contributed by atoms with E-state index in [2.05, 4.69) is 4.98 Å². The third kappa shape index (κ3) is 1.69. The maximum Gasteiger partial charge on any atom is 0.313 e. The number of aliphatic carboxylic acids is 1. The summed E-state index contributed by atoms with van der Waals surface area (Å²) in [4.78, 5) is 15.6. The summed E-state index contributed by atoms with van der Waals surface area (Å²) in [5.74, 6) is 0.0982. The monoisotopic (exact) mass is 232 g/mol. The Balaban J connectivity index is 2.66. The fourth-order valence-corrected chi connectivity index (χ4v) is 1.82. The SMILES string of the molecule is Cc1nc2ccc(C(C)(C)C(=O)O)cc2n1C. The molecular weight excluding hydrogens is 216 g/mol. The molecule has 0 atom stereocenters. The molecular formula is C13H16N2O2. The van der Waals surface area contributed by atoms with Crippen molar-refractivity contribution in [2.24, 2.45) is 7.05 Å². The maximum absolute atomic E-state index is 11.2. The average molecular weight is 232 g/mol. The third-order valence-electron chi connectivity index (χ3n) is 3.36. The van der Waals surface area contributed by atoms with Crippen LogP contribution in [0.15, 0.2) is 18.2 Å². The zero-order chi connectivity index (χ0) is 12.8. The minimum absolute atomic E-state index is 0.792. The van der Waals surface area contributed by atoms with Crippen molar-refractivity contribution in [1.82, 2.24) is 9.55 Å². The molecule has 90 valence electrons. The molecule has 4 nitrogen and oxygen atoms in total. The number of carbonyl (C=O) groups is 1. The van der Waals surface area contributed by atoms with Crippen molar-refractivity contribution in [2.75, 3.05) is 0 Å². The van der Waals surface area contributed by atoms with Crippen LogP contribution in [-0.4, -0.2) is 20.6 Å². The second-order valence-electron chi connectivity index (χ2n) is 4.85. The van der Waals surface area contributed by atoms with Crippen molar-refractivity contribution < 1.29 is 9.90 Å². The van der Waals surface area contributed by atoms with Crippen molar-refractivity contribution in [3.8, 4) is 0 Å². The number of aryl methyl sites for hydroxylation is 2. The topological polar surface area (TPSA) is 55.1 Å². The van der Waals surface area contributed by atoms with Gasteiger partial charge < -0.3 is 9.67 Å². The standard InChI is InChI=1S/C13H16N2O2/c1-8-14-10-6-5-9(7-11(10)15(8)4)13(2,3)12(16)17/h5-7H,1-4H3,(H,16,17). The Bertz CT molecular complexity index is 597. The van der Waals surface area contributed by atoms with Crippen molar-refractivity contribution in [3.63, 3.8) is 0 Å². The van der Waals surface area contributed by atoms with Gasteiger partial charge in [-0.05, 0) is 38.5 Å². The Morgan fingerprint density at radius 2 is 2.06 bits per heavy atom. The number of aromatic nitrogens is 2. The predicted molar refractivity (Wildman–Crippen MR) is 66.1 cm³/mol. The first kappa shape index (κ1) is 11.6. The summed E-state index contributed by atoms with van der Waals surface area (Å²) in [5.41, 5.74) is 1.77. The van der Waals surface area contributed by atoms with E-state index in [1.807, 2.05) is 36.7 Å². The number of imidazole rings is 1. The summed E-state index contributed by atoms with van der Waals surface area (Å²) in [7, 11) is 1.93. The number of benzene rings is 1. The highest BCUT2D eigenvalue weighted by Gasteiger charge is 2.29. The van der Waals surface area contributed by atoms with Gasteiger partial charge in [-0.25, -0.2) is 4.98 Å². The largest absolute Gasteiger partial charge is 0.481 e. The summed E-state index contributed by atoms with van der Waals surface area (Å²) in [6.45, 7) is 5.35. The molecule has 2 rings (SSSR count). The van der Waals surface area contributed by atoms with E-state index in [4.69, 9.17) is 0 Å². The first-order chi connectivity index (χ1) is 7.84. The van der Waals surface area contributed by atoms with E-state index in [9.17, 15) is 9.90 Å². The second kappa shape index (κ2) is 3.58. The molecule has 1 N–H and O–H groups in total. The van der Waals surface area contributed by atoms with E-state index < -0.39 is 11.4 Å². The Labute approximate surface area is 99.9 Å². The molecule has 0 amide bonds. The van der Waals surface area contributed by atoms with E-state index in [1.54, 1.807) is 13.8 Å². The van der Waals surface area contributed by atoms with E-state index in [1.165, 1.54) is 0 Å². The van der Waals surface area contributed by atoms with Crippen molar-refractivity contribution in [1.29, 1.82) is 0 Å². The van der Waals surface area contributed by atoms with Crippen LogP contribution >= 0.6 is 0 Å². The predicted octanol–water partition coefficient (Wildman–Crippen LogP) is 2.24. The fourth-order valence-electron chi connectivity index (χ4n) is 1.82. The van der Waals surface area contributed by atoms with Gasteiger partial charge in [-0.1, -0.05) is 6.07 Å². The molecule has 2 aromatic rings. The van der Waals surface area contributed by atoms with Gasteiger partial charge in [-0.3, -0.25) is 4.79 Å². The van der Waals surface area contributed by atoms with Crippen LogP contribution in [0.25, 0.3) is 11.0 Å². The maximum atomic E-state index is 11.2. The smallest absolute Gasteiger partial charge is 0.313 e. The average Bonchev–Trinajstić information content (AvgIpc) is 2.54. The van der Waals surface area contributed by atoms with Gasteiger partial charge in [0.2, 0.25) is 0 Å². The van der Waals surface area contributed by atoms with Gasteiger partial charge in [0.15, 0.2) is 0 Å². The molecule has 0 fully saturated rings. The highest BCUT2D eigenvalue weighted by molar-refractivity contribution is 5.84. The molecule has 17 heavy (non-hydrogen) atoms. The van der Waals surface area contributed by atoms with Gasteiger partial charge in [-0.15, -0.1) is 0 Å². The van der Waals surface area contributed by atoms with Crippen LogP contribution in [0.3, 0.4) is 0 Å². The van der Waals surface area contributed by atoms with Crippen LogP contribution in [0.2, 0.25) is 0 Å². The summed E-state index contributed by atoms with van der Waals surface area (Å²) in [6, 6.07) is 5.62. The molecule has 0 unspecified atom stereocenters. The lowest BCUT2D eigenvalue weighted by atomic mass is 9.85. The zero-order valence-electron chi connectivity index (χ0n) is 10.5. The minimum Gasteiger partial charge on any atom is -0.481 e. The van der Waals surface area contributed by atoms with Gasteiger partial charge in [0.25, 0.3) is 0 Å². The molecule has 4 heteroatoms. The summed E-state index contributed by atoms with van der Waals surface area (Å²) < 4.78 is 1.97. The van der Waals surface area contributed by atoms with Crippen LogP contribution in [0.1, 0.15) is 25.2 Å². The summed E-state index contributed by atoms with van der Waals surface area (Å²) in [5, 5.41) is 9.22. The van der Waals surface area contributed by atoms with Gasteiger partial charge in [0.05, 0.1) is 16.4 Å². The van der Waals surface area contributed by atoms with E-state index in [0.29, 0.717) is 0 Å². The summed E-state index contributed by atoms with van der Waals surface area (Å²) >= 11 is 0. The number of rotatable bonds is 2. The van der Waals surface area contributed by atoms with Crippen LogP contribution in [-0.2, 0) is 17.3 Å². The van der Waals surface area contributed by atoms with Gasteiger partial charge in [0, 0.05) is 7.05 Å². The van der Waals surface area contributed by atoms with Gasteiger partial charge in [0.1, 0.15) is 5.82 Å². The lowest BCUT2D eigenvalue weighted by Crippen LogP contribution is -2.28. The molecule has 0 aliphatic rings. The first-order valence-corrected chi connectivity index (χ1v) is 5.51. The lowest BCUT2D eigenvalue weighted by molar-refractivity contribution is -0.142. The Morgan fingerprint density at radius 3 is 2.65 bits per heavy atom. The Hall–Kier alpha value is -1.84. The molecule has 0 aliphatic carbocycles. The fraction of sp³-hybridized carbons (Fsp3) is 0.385. The summed E-state index contributed by atoms with van der Waals surface area (Å²) in [6.07, 6.45) is 0. The number of fused-ring (bicyclic) bond motifs is 1. The minimum atomic E-state index is -0.883. The highest BCUT2D eigenvalue weighted by Crippen LogP contribution is 2.27. The molecule has 0 bridgehead atoms. The Kier molecular flexibility index (Phi) is 2.45. The zero-order valence-corrected chi connectivity index (χ0v) is 10.5. The van der Waals surface area contributed by atoms with Gasteiger partial charge in [-0.2, -0.15) is 0 Å². The van der Waals surface area contributed by atoms with Crippen molar-refractivity contribution in [2.45, 2.75) is 26.2 Å².